The first kappa shape index (κ1) is 13.5. The van der Waals surface area contributed by atoms with Gasteiger partial charge in [0.2, 0.25) is 0 Å². The molecule has 0 spiro atoms. The molecule has 1 aromatic heterocycles. The van der Waals surface area contributed by atoms with E-state index in [-0.39, 0.29) is 0 Å². The van der Waals surface area contributed by atoms with E-state index in [4.69, 9.17) is 11.6 Å². The number of nitrogens with zero attached hydrogens (tertiary/aromatic N) is 2. The summed E-state index contributed by atoms with van der Waals surface area (Å²) in [4.78, 5) is 0. The lowest BCUT2D eigenvalue weighted by Crippen LogP contribution is -2.26. The van der Waals surface area contributed by atoms with Gasteiger partial charge in [-0.2, -0.15) is 5.10 Å². The van der Waals surface area contributed by atoms with E-state index in [1.54, 1.807) is 10.9 Å². The highest BCUT2D eigenvalue weighted by molar-refractivity contribution is 6.31. The van der Waals surface area contributed by atoms with Crippen LogP contribution in [0.5, 0.6) is 0 Å². The lowest BCUT2D eigenvalue weighted by Gasteiger charge is -2.15. The summed E-state index contributed by atoms with van der Waals surface area (Å²) < 4.78 is 1.73. The Morgan fingerprint density at radius 1 is 1.50 bits per heavy atom. The first-order chi connectivity index (χ1) is 7.56. The van der Waals surface area contributed by atoms with Gasteiger partial charge in [-0.15, -0.1) is 0 Å². The van der Waals surface area contributed by atoms with E-state index in [1.165, 1.54) is 0 Å². The fourth-order valence-electron chi connectivity index (χ4n) is 1.56. The maximum atomic E-state index is 10.0. The van der Waals surface area contributed by atoms with E-state index >= 15 is 0 Å². The first-order valence-electron chi connectivity index (χ1n) is 5.66. The molecule has 0 radical (unpaired) electrons. The summed E-state index contributed by atoms with van der Waals surface area (Å²) in [5.41, 5.74) is 0.695. The molecule has 16 heavy (non-hydrogen) atoms. The molecule has 4 nitrogen and oxygen atoms in total. The van der Waals surface area contributed by atoms with Gasteiger partial charge >= 0.3 is 0 Å². The van der Waals surface area contributed by atoms with Crippen molar-refractivity contribution in [2.24, 2.45) is 5.92 Å². The van der Waals surface area contributed by atoms with Crippen molar-refractivity contribution in [3.05, 3.63) is 16.9 Å². The molecule has 1 rings (SSSR count). The van der Waals surface area contributed by atoms with Crippen molar-refractivity contribution in [3.63, 3.8) is 0 Å². The third-order valence-corrected chi connectivity index (χ3v) is 2.63. The highest BCUT2D eigenvalue weighted by Crippen LogP contribution is 2.22. The minimum Gasteiger partial charge on any atom is -0.385 e. The van der Waals surface area contributed by atoms with E-state index < -0.39 is 6.10 Å². The second-order valence-corrected chi connectivity index (χ2v) is 4.67. The standard InChI is InChI=1S/C11H20ClN3O/c1-4-15-11(9(12)6-14-15)10(16)7-13-5-8(2)3/h6,8,10,13,16H,4-5,7H2,1-3H3. The van der Waals surface area contributed by atoms with Crippen molar-refractivity contribution in [2.45, 2.75) is 33.4 Å². The van der Waals surface area contributed by atoms with Crippen LogP contribution in [0.1, 0.15) is 32.6 Å². The lowest BCUT2D eigenvalue weighted by atomic mass is 10.2. The highest BCUT2D eigenvalue weighted by Gasteiger charge is 2.16. The predicted molar refractivity (Wildman–Crippen MR) is 65.6 cm³/mol. The van der Waals surface area contributed by atoms with Crippen LogP contribution in [0.3, 0.4) is 0 Å². The Bertz CT molecular complexity index is 325. The van der Waals surface area contributed by atoms with E-state index in [2.05, 4.69) is 24.3 Å². The molecular formula is C11H20ClN3O. The van der Waals surface area contributed by atoms with Gasteiger partial charge in [-0.1, -0.05) is 25.4 Å². The molecule has 0 saturated carbocycles. The molecular weight excluding hydrogens is 226 g/mol. The first-order valence-corrected chi connectivity index (χ1v) is 6.04. The van der Waals surface area contributed by atoms with Crippen LogP contribution < -0.4 is 5.32 Å². The Morgan fingerprint density at radius 3 is 2.75 bits per heavy atom. The van der Waals surface area contributed by atoms with Gasteiger partial charge in [0.25, 0.3) is 0 Å². The van der Waals surface area contributed by atoms with Gasteiger partial charge in [0.15, 0.2) is 0 Å². The van der Waals surface area contributed by atoms with Crippen molar-refractivity contribution in [1.82, 2.24) is 15.1 Å². The summed E-state index contributed by atoms with van der Waals surface area (Å²) in [5, 5.41) is 17.8. The number of aliphatic hydroxyl groups is 1. The highest BCUT2D eigenvalue weighted by atomic mass is 35.5. The smallest absolute Gasteiger partial charge is 0.110 e. The van der Waals surface area contributed by atoms with Crippen LogP contribution in [0.15, 0.2) is 6.20 Å². The maximum Gasteiger partial charge on any atom is 0.110 e. The third kappa shape index (κ3) is 3.47. The molecule has 1 aromatic rings. The topological polar surface area (TPSA) is 50.1 Å². The number of nitrogens with one attached hydrogen (secondary N) is 1. The summed E-state index contributed by atoms with van der Waals surface area (Å²) >= 11 is 5.99. The monoisotopic (exact) mass is 245 g/mol. The van der Waals surface area contributed by atoms with Crippen LogP contribution in [0.4, 0.5) is 0 Å². The zero-order chi connectivity index (χ0) is 12.1. The second-order valence-electron chi connectivity index (χ2n) is 4.26. The number of aliphatic hydroxyl groups excluding tert-OH is 1. The molecule has 1 unspecified atom stereocenters. The number of aryl methyl sites for hydroxylation is 1. The Labute approximate surface area is 102 Å². The van der Waals surface area contributed by atoms with Crippen molar-refractivity contribution in [2.75, 3.05) is 13.1 Å². The second kappa shape index (κ2) is 6.23. The van der Waals surface area contributed by atoms with Crippen LogP contribution in [0, 0.1) is 5.92 Å². The molecule has 0 aliphatic heterocycles. The molecule has 2 N–H and O–H groups in total. The SMILES string of the molecule is CCn1ncc(Cl)c1C(O)CNCC(C)C. The van der Waals surface area contributed by atoms with Crippen molar-refractivity contribution < 1.29 is 5.11 Å². The van der Waals surface area contributed by atoms with Gasteiger partial charge in [0, 0.05) is 13.1 Å². The molecule has 0 saturated heterocycles. The molecule has 0 bridgehead atoms. The minimum absolute atomic E-state index is 0.504. The summed E-state index contributed by atoms with van der Waals surface area (Å²) in [5.74, 6) is 0.568. The van der Waals surface area contributed by atoms with Crippen LogP contribution in [0.2, 0.25) is 5.02 Å². The zero-order valence-corrected chi connectivity index (χ0v) is 10.8. The molecule has 1 heterocycles. The van der Waals surface area contributed by atoms with Gasteiger partial charge < -0.3 is 10.4 Å². The van der Waals surface area contributed by atoms with Gasteiger partial charge in [-0.25, -0.2) is 0 Å². The average molecular weight is 246 g/mol. The van der Waals surface area contributed by atoms with Crippen LogP contribution in [0.25, 0.3) is 0 Å². The van der Waals surface area contributed by atoms with Gasteiger partial charge in [-0.3, -0.25) is 4.68 Å². The molecule has 0 fully saturated rings. The summed E-state index contributed by atoms with van der Waals surface area (Å²) in [6, 6.07) is 0. The summed E-state index contributed by atoms with van der Waals surface area (Å²) in [6.45, 7) is 8.33. The molecule has 0 amide bonds. The van der Waals surface area contributed by atoms with Crippen LogP contribution in [-0.2, 0) is 6.54 Å². The Kier molecular flexibility index (Phi) is 5.25. The van der Waals surface area contributed by atoms with E-state index in [9.17, 15) is 5.11 Å². The molecule has 0 aliphatic rings. The molecule has 0 aromatic carbocycles. The fraction of sp³-hybridized carbons (Fsp3) is 0.727. The minimum atomic E-state index is -0.603. The molecule has 0 aliphatic carbocycles. The van der Waals surface area contributed by atoms with Gasteiger partial charge in [0.1, 0.15) is 6.10 Å². The van der Waals surface area contributed by atoms with Crippen LogP contribution >= 0.6 is 11.6 Å². The number of hydrogen-bond donors (Lipinski definition) is 2. The van der Waals surface area contributed by atoms with Crippen molar-refractivity contribution in [1.29, 1.82) is 0 Å². The van der Waals surface area contributed by atoms with Crippen LogP contribution in [-0.4, -0.2) is 28.0 Å². The maximum absolute atomic E-state index is 10.0. The number of rotatable bonds is 6. The van der Waals surface area contributed by atoms with E-state index in [0.717, 1.165) is 6.54 Å². The Morgan fingerprint density at radius 2 is 2.19 bits per heavy atom. The quantitative estimate of drug-likeness (QED) is 0.804. The van der Waals surface area contributed by atoms with Crippen molar-refractivity contribution in [3.8, 4) is 0 Å². The lowest BCUT2D eigenvalue weighted by molar-refractivity contribution is 0.163. The average Bonchev–Trinajstić information content (AvgIpc) is 2.58. The number of aromatic nitrogens is 2. The van der Waals surface area contributed by atoms with Gasteiger partial charge in [-0.05, 0) is 19.4 Å². The third-order valence-electron chi connectivity index (χ3n) is 2.34. The Balaban J connectivity index is 2.58. The molecule has 1 atom stereocenters. The largest absolute Gasteiger partial charge is 0.385 e. The normalized spacial score (nSPS) is 13.4. The summed E-state index contributed by atoms with van der Waals surface area (Å²) in [7, 11) is 0. The van der Waals surface area contributed by atoms with Gasteiger partial charge in [0.05, 0.1) is 16.9 Å². The van der Waals surface area contributed by atoms with E-state index in [1.807, 2.05) is 6.92 Å². The number of hydrogen-bond acceptors (Lipinski definition) is 3. The Hall–Kier alpha value is -0.580. The summed E-state index contributed by atoms with van der Waals surface area (Å²) in [6.07, 6.45) is 0.972. The zero-order valence-electron chi connectivity index (χ0n) is 10.1. The van der Waals surface area contributed by atoms with Crippen molar-refractivity contribution >= 4 is 11.6 Å². The van der Waals surface area contributed by atoms with E-state index in [0.29, 0.717) is 29.7 Å². The number of halogens is 1. The predicted octanol–water partition coefficient (Wildman–Crippen LogP) is 1.84. The fourth-order valence-corrected chi connectivity index (χ4v) is 1.83. The molecule has 5 heteroatoms. The molecule has 92 valence electrons.